The van der Waals surface area contributed by atoms with Crippen molar-refractivity contribution < 1.29 is 12.3 Å². The first-order chi connectivity index (χ1) is 8.38. The van der Waals surface area contributed by atoms with Gasteiger partial charge in [-0.05, 0) is 29.8 Å². The van der Waals surface area contributed by atoms with Gasteiger partial charge in [-0.2, -0.15) is 8.42 Å². The average molecular weight is 286 g/mol. The van der Waals surface area contributed by atoms with Gasteiger partial charge in [0.1, 0.15) is 0 Å². The van der Waals surface area contributed by atoms with E-state index in [0.717, 1.165) is 12.1 Å². The van der Waals surface area contributed by atoms with E-state index in [9.17, 15) is 8.42 Å². The minimum atomic E-state index is -3.63. The van der Waals surface area contributed by atoms with E-state index in [0.29, 0.717) is 0 Å². The van der Waals surface area contributed by atoms with E-state index in [4.69, 9.17) is 3.87 Å². The zero-order chi connectivity index (χ0) is 13.8. The minimum absolute atomic E-state index is 0.254. The summed E-state index contributed by atoms with van der Waals surface area (Å²) in [5.74, 6) is 0. The lowest BCUT2D eigenvalue weighted by Crippen LogP contribution is -2.42. The van der Waals surface area contributed by atoms with Crippen LogP contribution in [0.25, 0.3) is 0 Å². The second-order valence-electron chi connectivity index (χ2n) is 4.78. The second-order valence-corrected chi connectivity index (χ2v) is 11.5. The average Bonchev–Trinajstić information content (AvgIpc) is 2.37. The van der Waals surface area contributed by atoms with Gasteiger partial charge in [-0.15, -0.1) is 0 Å². The Morgan fingerprint density at radius 1 is 1.11 bits per heavy atom. The van der Waals surface area contributed by atoms with Crippen molar-refractivity contribution in [3.8, 4) is 0 Å². The number of benzene rings is 1. The van der Waals surface area contributed by atoms with Crippen LogP contribution < -0.4 is 0 Å². The lowest BCUT2D eigenvalue weighted by Gasteiger charge is -2.32. The topological polar surface area (TPSA) is 43.4 Å². The van der Waals surface area contributed by atoms with Gasteiger partial charge < -0.3 is 3.87 Å². The van der Waals surface area contributed by atoms with Crippen molar-refractivity contribution in [1.82, 2.24) is 0 Å². The molecule has 0 N–H and O–H groups in total. The van der Waals surface area contributed by atoms with Gasteiger partial charge in [-0.1, -0.05) is 45.9 Å². The van der Waals surface area contributed by atoms with Gasteiger partial charge in [0.2, 0.25) is 8.32 Å². The quantitative estimate of drug-likeness (QED) is 0.747. The number of hydrogen-bond acceptors (Lipinski definition) is 3. The third kappa shape index (κ3) is 3.21. The Bertz CT molecular complexity index is 464. The summed E-state index contributed by atoms with van der Waals surface area (Å²) in [5, 5.41) is 0. The SMILES string of the molecule is CC[Si](CC)(OS(=O)(=O)c1ccccc1)C(C)C. The molecule has 0 atom stereocenters. The predicted molar refractivity (Wildman–Crippen MR) is 76.5 cm³/mol. The van der Waals surface area contributed by atoms with Gasteiger partial charge in [-0.25, -0.2) is 0 Å². The van der Waals surface area contributed by atoms with Gasteiger partial charge >= 0.3 is 0 Å². The maximum absolute atomic E-state index is 12.3. The number of rotatable bonds is 6. The van der Waals surface area contributed by atoms with Crippen LogP contribution in [0.4, 0.5) is 0 Å². The first-order valence-corrected chi connectivity index (χ1v) is 10.2. The largest absolute Gasteiger partial charge is 0.311 e. The molecule has 1 aromatic carbocycles. The second kappa shape index (κ2) is 5.99. The van der Waals surface area contributed by atoms with Crippen molar-refractivity contribution >= 4 is 18.4 Å². The van der Waals surface area contributed by atoms with Crippen molar-refractivity contribution in [3.63, 3.8) is 0 Å². The highest BCUT2D eigenvalue weighted by molar-refractivity contribution is 7.87. The first-order valence-electron chi connectivity index (χ1n) is 6.38. The highest BCUT2D eigenvalue weighted by Gasteiger charge is 2.40. The van der Waals surface area contributed by atoms with Crippen LogP contribution in [0, 0.1) is 0 Å². The van der Waals surface area contributed by atoms with Crippen LogP contribution in [0.1, 0.15) is 27.7 Å². The molecule has 3 nitrogen and oxygen atoms in total. The fourth-order valence-corrected chi connectivity index (χ4v) is 8.60. The summed E-state index contributed by atoms with van der Waals surface area (Å²) in [6.45, 7) is 8.16. The van der Waals surface area contributed by atoms with Crippen LogP contribution in [0.5, 0.6) is 0 Å². The van der Waals surface area contributed by atoms with Crippen LogP contribution in [0.3, 0.4) is 0 Å². The van der Waals surface area contributed by atoms with Crippen LogP contribution >= 0.6 is 0 Å². The molecule has 0 aliphatic heterocycles. The summed E-state index contributed by atoms with van der Waals surface area (Å²) in [4.78, 5) is 0.254. The molecule has 0 fully saturated rings. The molecule has 0 saturated carbocycles. The van der Waals surface area contributed by atoms with Gasteiger partial charge in [0.25, 0.3) is 10.1 Å². The normalized spacial score (nSPS) is 12.9. The molecule has 0 radical (unpaired) electrons. The highest BCUT2D eigenvalue weighted by atomic mass is 32.2. The van der Waals surface area contributed by atoms with Crippen LogP contribution in [-0.2, 0) is 14.0 Å². The first kappa shape index (κ1) is 15.4. The third-order valence-electron chi connectivity index (χ3n) is 3.56. The van der Waals surface area contributed by atoms with E-state index >= 15 is 0 Å². The summed E-state index contributed by atoms with van der Waals surface area (Å²) in [5.41, 5.74) is 0.283. The molecule has 0 aliphatic rings. The monoisotopic (exact) mass is 286 g/mol. The molecule has 0 unspecified atom stereocenters. The molecular weight excluding hydrogens is 264 g/mol. The van der Waals surface area contributed by atoms with Gasteiger partial charge in [-0.3, -0.25) is 0 Å². The van der Waals surface area contributed by atoms with E-state index in [2.05, 4.69) is 13.8 Å². The molecular formula is C13H22O3SSi. The van der Waals surface area contributed by atoms with E-state index < -0.39 is 18.4 Å². The van der Waals surface area contributed by atoms with Crippen molar-refractivity contribution in [2.45, 2.75) is 50.2 Å². The Morgan fingerprint density at radius 3 is 2.00 bits per heavy atom. The molecule has 1 rings (SSSR count). The third-order valence-corrected chi connectivity index (χ3v) is 11.1. The van der Waals surface area contributed by atoms with Gasteiger partial charge in [0.05, 0.1) is 4.90 Å². The minimum Gasteiger partial charge on any atom is -0.311 e. The molecule has 0 heterocycles. The van der Waals surface area contributed by atoms with E-state index in [1.54, 1.807) is 30.3 Å². The van der Waals surface area contributed by atoms with Gasteiger partial charge in [0, 0.05) is 0 Å². The maximum Gasteiger partial charge on any atom is 0.287 e. The Kier molecular flexibility index (Phi) is 5.13. The standard InChI is InChI=1S/C13H22O3SSi/c1-5-18(6-2,12(3)4)16-17(14,15)13-10-8-7-9-11-13/h7-12H,5-6H2,1-4H3. The van der Waals surface area contributed by atoms with E-state index in [1.807, 2.05) is 13.8 Å². The molecule has 0 saturated heterocycles. The molecule has 0 bridgehead atoms. The molecule has 0 amide bonds. The number of hydrogen-bond donors (Lipinski definition) is 0. The lowest BCUT2D eigenvalue weighted by molar-refractivity contribution is 0.466. The van der Waals surface area contributed by atoms with Crippen molar-refractivity contribution in [3.05, 3.63) is 30.3 Å². The Morgan fingerprint density at radius 2 is 1.61 bits per heavy atom. The van der Waals surface area contributed by atoms with Crippen LogP contribution in [0.2, 0.25) is 17.6 Å². The summed E-state index contributed by atoms with van der Waals surface area (Å²) in [6, 6.07) is 10.0. The van der Waals surface area contributed by atoms with Gasteiger partial charge in [0.15, 0.2) is 0 Å². The Labute approximate surface area is 111 Å². The molecule has 5 heteroatoms. The fourth-order valence-electron chi connectivity index (χ4n) is 2.13. The zero-order valence-corrected chi connectivity index (χ0v) is 13.3. The summed E-state index contributed by atoms with van der Waals surface area (Å²) in [7, 11) is -5.85. The smallest absolute Gasteiger partial charge is 0.287 e. The van der Waals surface area contributed by atoms with E-state index in [-0.39, 0.29) is 10.4 Å². The lowest BCUT2D eigenvalue weighted by atomic mass is 10.4. The van der Waals surface area contributed by atoms with E-state index in [1.165, 1.54) is 0 Å². The summed E-state index contributed by atoms with van der Waals surface area (Å²) >= 11 is 0. The Balaban J connectivity index is 3.09. The van der Waals surface area contributed by atoms with Crippen molar-refractivity contribution in [1.29, 1.82) is 0 Å². The molecule has 18 heavy (non-hydrogen) atoms. The molecule has 0 aromatic heterocycles. The fraction of sp³-hybridized carbons (Fsp3) is 0.538. The summed E-state index contributed by atoms with van der Waals surface area (Å²) < 4.78 is 30.2. The van der Waals surface area contributed by atoms with Crippen molar-refractivity contribution in [2.75, 3.05) is 0 Å². The highest BCUT2D eigenvalue weighted by Crippen LogP contribution is 2.33. The zero-order valence-electron chi connectivity index (χ0n) is 11.5. The molecule has 102 valence electrons. The van der Waals surface area contributed by atoms with Crippen molar-refractivity contribution in [2.24, 2.45) is 0 Å². The maximum atomic E-state index is 12.3. The van der Waals surface area contributed by atoms with Crippen LogP contribution in [0.15, 0.2) is 35.2 Å². The summed E-state index contributed by atoms with van der Waals surface area (Å²) in [6.07, 6.45) is 0. The molecule has 1 aromatic rings. The predicted octanol–water partition coefficient (Wildman–Crippen LogP) is 3.79. The molecule has 0 spiro atoms. The Hall–Kier alpha value is -0.653. The molecule has 0 aliphatic carbocycles. The van der Waals surface area contributed by atoms with Crippen LogP contribution in [-0.4, -0.2) is 16.7 Å².